The Hall–Kier alpha value is -0.735. The van der Waals surface area contributed by atoms with E-state index in [0.717, 1.165) is 27.7 Å². The van der Waals surface area contributed by atoms with Crippen molar-refractivity contribution in [1.82, 2.24) is 0 Å². The van der Waals surface area contributed by atoms with Gasteiger partial charge in [-0.1, -0.05) is 0 Å². The second-order valence-electron chi connectivity index (χ2n) is 2.08. The topological polar surface area (TPSA) is 275 Å². The molecule has 0 aromatic heterocycles. The Morgan fingerprint density at radius 3 is 0.500 bits per heavy atom. The molecule has 142 valence electrons. The van der Waals surface area contributed by atoms with Crippen LogP contribution in [0.2, 0.25) is 0 Å². The Bertz CT molecular complexity index is 171. The standard InChI is InChI=1S/4C2H4O2.4H2O.Pb.Ru.2H/c4*1-2(3)4;;;;;;;;/h4*1H3,(H,3,4);4*1H2;;;;. The Morgan fingerprint density at radius 2 is 0.500 bits per heavy atom. The van der Waals surface area contributed by atoms with Crippen LogP contribution in [-0.2, 0) is 38.7 Å². The molecular weight excluding hydrogens is 596 g/mol. The average molecular weight is 623 g/mol. The molecular formula is C8H26O12PbRu. The fourth-order valence-electron chi connectivity index (χ4n) is 0. The fraction of sp³-hybridized carbons (Fsp3) is 0.500. The first-order chi connectivity index (χ1) is 6.93. The van der Waals surface area contributed by atoms with Crippen molar-refractivity contribution in [2.75, 3.05) is 0 Å². The van der Waals surface area contributed by atoms with Crippen LogP contribution in [0.15, 0.2) is 0 Å². The minimum absolute atomic E-state index is 0. The van der Waals surface area contributed by atoms with E-state index < -0.39 is 23.9 Å². The van der Waals surface area contributed by atoms with Gasteiger partial charge in [-0.25, -0.2) is 0 Å². The molecule has 12 N–H and O–H groups in total. The quantitative estimate of drug-likeness (QED) is 0.194. The number of aliphatic carboxylic acids is 4. The summed E-state index contributed by atoms with van der Waals surface area (Å²) in [7, 11) is 0. The minimum atomic E-state index is -0.833. The third kappa shape index (κ3) is 11900. The van der Waals surface area contributed by atoms with Gasteiger partial charge in [0.25, 0.3) is 23.9 Å². The average Bonchev–Trinajstić information content (AvgIpc) is 1.76. The molecule has 22 heavy (non-hydrogen) atoms. The molecule has 0 rings (SSSR count). The van der Waals surface area contributed by atoms with Gasteiger partial charge >= 0.3 is 27.3 Å². The first kappa shape index (κ1) is 68.8. The predicted octanol–water partition coefficient (Wildman–Crippen LogP) is -3.85. The minimum Gasteiger partial charge on any atom is 0 e. The summed E-state index contributed by atoms with van der Waals surface area (Å²) in [5, 5.41) is 29.7. The van der Waals surface area contributed by atoms with Gasteiger partial charge in [0.15, 0.2) is 0 Å². The second-order valence-corrected chi connectivity index (χ2v) is 2.08. The maximum atomic E-state index is 9.00. The van der Waals surface area contributed by atoms with Crippen LogP contribution in [0.25, 0.3) is 0 Å². The summed E-state index contributed by atoms with van der Waals surface area (Å²) < 4.78 is 0. The van der Waals surface area contributed by atoms with Gasteiger partial charge in [0.1, 0.15) is 0 Å². The molecule has 0 spiro atoms. The molecule has 0 aliphatic carbocycles. The normalized spacial score (nSPS) is 4.55. The molecule has 0 aliphatic rings. The summed E-state index contributed by atoms with van der Waals surface area (Å²) in [4.78, 5) is 36.0. The van der Waals surface area contributed by atoms with E-state index in [-0.39, 0.29) is 68.7 Å². The molecule has 0 heterocycles. The Morgan fingerprint density at radius 1 is 0.500 bits per heavy atom. The van der Waals surface area contributed by atoms with E-state index >= 15 is 0 Å². The van der Waals surface area contributed by atoms with Gasteiger partial charge in [-0.3, -0.25) is 19.2 Å². The van der Waals surface area contributed by atoms with E-state index in [1.54, 1.807) is 0 Å². The van der Waals surface area contributed by atoms with Gasteiger partial charge in [0.05, 0.1) is 0 Å². The van der Waals surface area contributed by atoms with Crippen LogP contribution in [0, 0.1) is 0 Å². The van der Waals surface area contributed by atoms with Gasteiger partial charge in [0.2, 0.25) is 0 Å². The third-order valence-corrected chi connectivity index (χ3v) is 0. The zero-order chi connectivity index (χ0) is 14.3. The molecule has 14 heteroatoms. The van der Waals surface area contributed by atoms with Gasteiger partial charge < -0.3 is 42.3 Å². The van der Waals surface area contributed by atoms with E-state index in [0.29, 0.717) is 0 Å². The maximum Gasteiger partial charge on any atom is 0 e. The molecule has 0 amide bonds. The van der Waals surface area contributed by atoms with Crippen LogP contribution < -0.4 is 0 Å². The molecule has 0 saturated carbocycles. The van der Waals surface area contributed by atoms with Gasteiger partial charge in [-0.05, 0) is 0 Å². The van der Waals surface area contributed by atoms with Crippen LogP contribution >= 0.6 is 0 Å². The van der Waals surface area contributed by atoms with Gasteiger partial charge in [-0.2, -0.15) is 0 Å². The Kier molecular flexibility index (Phi) is 185. The van der Waals surface area contributed by atoms with Crippen LogP contribution in [-0.4, -0.2) is 93.5 Å². The molecule has 0 aromatic carbocycles. The van der Waals surface area contributed by atoms with E-state index in [4.69, 9.17) is 39.6 Å². The molecule has 0 atom stereocenters. The summed E-state index contributed by atoms with van der Waals surface area (Å²) in [6.07, 6.45) is 0. The molecule has 0 bridgehead atoms. The molecule has 0 aliphatic heterocycles. The Balaban J connectivity index is -0.00000001000. The van der Waals surface area contributed by atoms with Crippen molar-refractivity contribution < 1.29 is 81.0 Å². The van der Waals surface area contributed by atoms with Crippen LogP contribution in [0.1, 0.15) is 27.7 Å². The van der Waals surface area contributed by atoms with Gasteiger partial charge in [-0.15, -0.1) is 0 Å². The largest absolute Gasteiger partial charge is 0 e. The number of carboxylic acid groups (broad SMARTS) is 4. The van der Waals surface area contributed by atoms with Crippen molar-refractivity contribution in [1.29, 1.82) is 0 Å². The zero-order valence-electron chi connectivity index (χ0n) is 12.5. The van der Waals surface area contributed by atoms with Crippen LogP contribution in [0.5, 0.6) is 0 Å². The Labute approximate surface area is 159 Å². The van der Waals surface area contributed by atoms with Crippen molar-refractivity contribution in [2.45, 2.75) is 27.7 Å². The first-order valence-electron chi connectivity index (χ1n) is 3.71. The summed E-state index contributed by atoms with van der Waals surface area (Å²) in [5.41, 5.74) is 0. The smallest absolute Gasteiger partial charge is 0 e. The molecule has 0 saturated heterocycles. The molecule has 2 radical (unpaired) electrons. The fourth-order valence-corrected chi connectivity index (χ4v) is 0. The molecule has 0 fully saturated rings. The van der Waals surface area contributed by atoms with E-state index in [2.05, 4.69) is 0 Å². The van der Waals surface area contributed by atoms with Crippen LogP contribution in [0.3, 0.4) is 0 Å². The summed E-state index contributed by atoms with van der Waals surface area (Å²) in [5.74, 6) is -3.33. The maximum absolute atomic E-state index is 9.00. The zero-order valence-corrected chi connectivity index (χ0v) is 19.7. The summed E-state index contributed by atoms with van der Waals surface area (Å²) in [6, 6.07) is 0. The van der Waals surface area contributed by atoms with E-state index in [1.807, 2.05) is 0 Å². The van der Waals surface area contributed by atoms with Crippen LogP contribution in [0.4, 0.5) is 0 Å². The summed E-state index contributed by atoms with van der Waals surface area (Å²) >= 11 is 0. The number of hydrogen-bond acceptors (Lipinski definition) is 4. The summed E-state index contributed by atoms with van der Waals surface area (Å²) in [6.45, 7) is 4.33. The second kappa shape index (κ2) is 59.3. The molecule has 0 unspecified atom stereocenters. The number of carbonyl (C=O) groups is 4. The third-order valence-electron chi connectivity index (χ3n) is 0. The van der Waals surface area contributed by atoms with Crippen molar-refractivity contribution in [3.05, 3.63) is 0 Å². The van der Waals surface area contributed by atoms with Crippen molar-refractivity contribution in [3.8, 4) is 0 Å². The molecule has 0 aromatic rings. The molecule has 12 nitrogen and oxygen atoms in total. The van der Waals surface area contributed by atoms with Crippen molar-refractivity contribution in [2.24, 2.45) is 0 Å². The van der Waals surface area contributed by atoms with Gasteiger partial charge in [0, 0.05) is 47.2 Å². The number of carboxylic acids is 4. The van der Waals surface area contributed by atoms with E-state index in [1.165, 1.54) is 0 Å². The monoisotopic (exact) mass is 624 g/mol. The SMILES string of the molecule is CC(=O)O.CC(=O)O.CC(=O)O.CC(=O)O.O.O.O.O.[PbH2].[Ru]. The number of hydrogen-bond donors (Lipinski definition) is 4. The predicted molar refractivity (Wildman–Crippen MR) is 76.2 cm³/mol. The first-order valence-corrected chi connectivity index (χ1v) is 3.71. The van der Waals surface area contributed by atoms with E-state index in [9.17, 15) is 0 Å². The van der Waals surface area contributed by atoms with Crippen molar-refractivity contribution in [3.63, 3.8) is 0 Å². The number of rotatable bonds is 0. The van der Waals surface area contributed by atoms with Crippen molar-refractivity contribution >= 4 is 51.2 Å².